The Hall–Kier alpha value is -2.67. The first-order valence-electron chi connectivity index (χ1n) is 7.70. The van der Waals surface area contributed by atoms with E-state index >= 15 is 0 Å². The third-order valence-electron chi connectivity index (χ3n) is 3.54. The van der Waals surface area contributed by atoms with Gasteiger partial charge in [-0.15, -0.1) is 0 Å². The summed E-state index contributed by atoms with van der Waals surface area (Å²) in [4.78, 5) is 12.0. The number of hydrogen-bond acceptors (Lipinski definition) is 4. The molecule has 25 heavy (non-hydrogen) atoms. The standard InChI is InChI=1S/C18H20F2N2O3/c1-12(15-5-3-4-6-16(15)24-2)21-11-17(23)22-13-7-9-14(10-8-13)25-18(19)20/h3-10,12,18,21H,11H2,1-2H3,(H,22,23). The molecule has 5 nitrogen and oxygen atoms in total. The largest absolute Gasteiger partial charge is 0.496 e. The van der Waals surface area contributed by atoms with Gasteiger partial charge in [0.05, 0.1) is 13.7 Å². The maximum atomic E-state index is 12.1. The first-order valence-corrected chi connectivity index (χ1v) is 7.70. The zero-order valence-corrected chi connectivity index (χ0v) is 14.0. The van der Waals surface area contributed by atoms with Crippen LogP contribution in [0.2, 0.25) is 0 Å². The molecule has 2 N–H and O–H groups in total. The van der Waals surface area contributed by atoms with Gasteiger partial charge >= 0.3 is 6.61 Å². The van der Waals surface area contributed by atoms with Gasteiger partial charge in [0.15, 0.2) is 0 Å². The number of amides is 1. The molecule has 0 heterocycles. The molecule has 0 aromatic heterocycles. The molecule has 1 unspecified atom stereocenters. The first kappa shape index (κ1) is 18.7. The van der Waals surface area contributed by atoms with Crippen LogP contribution in [0.5, 0.6) is 11.5 Å². The summed E-state index contributed by atoms with van der Waals surface area (Å²) in [6, 6.07) is 13.2. The number of benzene rings is 2. The number of alkyl halides is 2. The molecule has 1 atom stereocenters. The monoisotopic (exact) mass is 350 g/mol. The normalized spacial score (nSPS) is 11.9. The van der Waals surface area contributed by atoms with Crippen molar-refractivity contribution in [3.05, 3.63) is 54.1 Å². The Morgan fingerprint density at radius 1 is 1.12 bits per heavy atom. The second kappa shape index (κ2) is 8.98. The molecule has 0 aliphatic rings. The third-order valence-corrected chi connectivity index (χ3v) is 3.54. The van der Waals surface area contributed by atoms with Crippen LogP contribution in [-0.2, 0) is 4.79 Å². The maximum Gasteiger partial charge on any atom is 0.387 e. The van der Waals surface area contributed by atoms with Gasteiger partial charge in [0.25, 0.3) is 0 Å². The predicted molar refractivity (Wildman–Crippen MR) is 91.1 cm³/mol. The Kier molecular flexibility index (Phi) is 6.71. The Bertz CT molecular complexity index is 693. The fourth-order valence-corrected chi connectivity index (χ4v) is 2.30. The van der Waals surface area contributed by atoms with Crippen LogP contribution in [0.3, 0.4) is 0 Å². The minimum atomic E-state index is -2.87. The summed E-state index contributed by atoms with van der Waals surface area (Å²) >= 11 is 0. The average molecular weight is 350 g/mol. The molecule has 0 bridgehead atoms. The zero-order valence-electron chi connectivity index (χ0n) is 14.0. The number of hydrogen-bond donors (Lipinski definition) is 2. The average Bonchev–Trinajstić information content (AvgIpc) is 2.61. The van der Waals surface area contributed by atoms with E-state index in [1.54, 1.807) is 7.11 Å². The van der Waals surface area contributed by atoms with Crippen molar-refractivity contribution in [3.8, 4) is 11.5 Å². The molecule has 0 aliphatic heterocycles. The molecule has 2 rings (SSSR count). The van der Waals surface area contributed by atoms with Crippen molar-refractivity contribution in [2.24, 2.45) is 0 Å². The Balaban J connectivity index is 1.86. The van der Waals surface area contributed by atoms with Gasteiger partial charge in [0.2, 0.25) is 5.91 Å². The summed E-state index contributed by atoms with van der Waals surface area (Å²) in [5, 5.41) is 5.80. The number of anilines is 1. The summed E-state index contributed by atoms with van der Waals surface area (Å²) in [7, 11) is 1.60. The molecule has 7 heteroatoms. The van der Waals surface area contributed by atoms with Crippen molar-refractivity contribution in [1.29, 1.82) is 0 Å². The molecule has 0 saturated heterocycles. The van der Waals surface area contributed by atoms with Crippen LogP contribution >= 0.6 is 0 Å². The summed E-state index contributed by atoms with van der Waals surface area (Å²) in [6.45, 7) is -0.850. The molecule has 2 aromatic rings. The molecular formula is C18H20F2N2O3. The van der Waals surface area contributed by atoms with E-state index in [0.717, 1.165) is 11.3 Å². The van der Waals surface area contributed by atoms with Gasteiger partial charge in [0.1, 0.15) is 11.5 Å². The number of carbonyl (C=O) groups excluding carboxylic acids is 1. The van der Waals surface area contributed by atoms with Gasteiger partial charge in [-0.3, -0.25) is 4.79 Å². The van der Waals surface area contributed by atoms with E-state index in [0.29, 0.717) is 5.69 Å². The van der Waals surface area contributed by atoms with E-state index in [2.05, 4.69) is 15.4 Å². The zero-order chi connectivity index (χ0) is 18.2. The number of methoxy groups -OCH3 is 1. The lowest BCUT2D eigenvalue weighted by molar-refractivity contribution is -0.115. The van der Waals surface area contributed by atoms with E-state index in [-0.39, 0.29) is 24.2 Å². The molecule has 134 valence electrons. The van der Waals surface area contributed by atoms with E-state index in [1.807, 2.05) is 31.2 Å². The number of para-hydroxylation sites is 1. The van der Waals surface area contributed by atoms with Crippen LogP contribution in [0.4, 0.5) is 14.5 Å². The summed E-state index contributed by atoms with van der Waals surface area (Å²) in [6.07, 6.45) is 0. The molecule has 0 spiro atoms. The fourth-order valence-electron chi connectivity index (χ4n) is 2.30. The lowest BCUT2D eigenvalue weighted by atomic mass is 10.1. The highest BCUT2D eigenvalue weighted by Crippen LogP contribution is 2.24. The highest BCUT2D eigenvalue weighted by atomic mass is 19.3. The van der Waals surface area contributed by atoms with Gasteiger partial charge in [-0.1, -0.05) is 18.2 Å². The van der Waals surface area contributed by atoms with Crippen LogP contribution in [0, 0.1) is 0 Å². The third kappa shape index (κ3) is 5.72. The van der Waals surface area contributed by atoms with Gasteiger partial charge in [-0.25, -0.2) is 0 Å². The minimum Gasteiger partial charge on any atom is -0.496 e. The van der Waals surface area contributed by atoms with Gasteiger partial charge < -0.3 is 20.1 Å². The van der Waals surface area contributed by atoms with Crippen LogP contribution in [0.25, 0.3) is 0 Å². The highest BCUT2D eigenvalue weighted by molar-refractivity contribution is 5.92. The Morgan fingerprint density at radius 3 is 2.44 bits per heavy atom. The number of halogens is 2. The molecule has 2 aromatic carbocycles. The topological polar surface area (TPSA) is 59.6 Å². The molecular weight excluding hydrogens is 330 g/mol. The van der Waals surface area contributed by atoms with Gasteiger partial charge in [-0.2, -0.15) is 8.78 Å². The van der Waals surface area contributed by atoms with Gasteiger partial charge in [0, 0.05) is 17.3 Å². The number of rotatable bonds is 8. The van der Waals surface area contributed by atoms with Crippen LogP contribution in [0.1, 0.15) is 18.5 Å². The highest BCUT2D eigenvalue weighted by Gasteiger charge is 2.12. The minimum absolute atomic E-state index is 0.0379. The second-order valence-corrected chi connectivity index (χ2v) is 5.30. The molecule has 0 fully saturated rings. The maximum absolute atomic E-state index is 12.1. The van der Waals surface area contributed by atoms with Crippen molar-refractivity contribution in [1.82, 2.24) is 5.32 Å². The molecule has 1 amide bonds. The molecule has 0 radical (unpaired) electrons. The van der Waals surface area contributed by atoms with E-state index in [1.165, 1.54) is 24.3 Å². The first-order chi connectivity index (χ1) is 12.0. The molecule has 0 saturated carbocycles. The van der Waals surface area contributed by atoms with Crippen molar-refractivity contribution in [2.75, 3.05) is 19.0 Å². The Labute approximate surface area is 144 Å². The van der Waals surface area contributed by atoms with Crippen LogP contribution < -0.4 is 20.1 Å². The lowest BCUT2D eigenvalue weighted by Crippen LogP contribution is -2.30. The lowest BCUT2D eigenvalue weighted by Gasteiger charge is -2.17. The number of ether oxygens (including phenoxy) is 2. The van der Waals surface area contributed by atoms with Gasteiger partial charge in [-0.05, 0) is 37.3 Å². The number of carbonyl (C=O) groups is 1. The van der Waals surface area contributed by atoms with Crippen LogP contribution in [0.15, 0.2) is 48.5 Å². The quantitative estimate of drug-likeness (QED) is 0.764. The van der Waals surface area contributed by atoms with E-state index in [4.69, 9.17) is 4.74 Å². The Morgan fingerprint density at radius 2 is 1.80 bits per heavy atom. The van der Waals surface area contributed by atoms with Crippen molar-refractivity contribution in [3.63, 3.8) is 0 Å². The van der Waals surface area contributed by atoms with E-state index < -0.39 is 6.61 Å². The smallest absolute Gasteiger partial charge is 0.387 e. The molecule has 0 aliphatic carbocycles. The van der Waals surface area contributed by atoms with Crippen molar-refractivity contribution < 1.29 is 23.0 Å². The summed E-state index contributed by atoms with van der Waals surface area (Å²) in [5.74, 6) is 0.540. The predicted octanol–water partition coefficient (Wildman–Crippen LogP) is 3.59. The summed E-state index contributed by atoms with van der Waals surface area (Å²) in [5.41, 5.74) is 1.45. The summed E-state index contributed by atoms with van der Waals surface area (Å²) < 4.78 is 33.7. The van der Waals surface area contributed by atoms with E-state index in [9.17, 15) is 13.6 Å². The van der Waals surface area contributed by atoms with Crippen molar-refractivity contribution in [2.45, 2.75) is 19.6 Å². The fraction of sp³-hybridized carbons (Fsp3) is 0.278. The van der Waals surface area contributed by atoms with Crippen molar-refractivity contribution >= 4 is 11.6 Å². The number of nitrogens with one attached hydrogen (secondary N) is 2. The second-order valence-electron chi connectivity index (χ2n) is 5.30. The van der Waals surface area contributed by atoms with Crippen LogP contribution in [-0.4, -0.2) is 26.2 Å². The SMILES string of the molecule is COc1ccccc1C(C)NCC(=O)Nc1ccc(OC(F)F)cc1.